The number of hydrogen-bond acceptors (Lipinski definition) is 8. The summed E-state index contributed by atoms with van der Waals surface area (Å²) >= 11 is 6.98. The zero-order chi connectivity index (χ0) is 30.0. The second kappa shape index (κ2) is 10.8. The van der Waals surface area contributed by atoms with Crippen molar-refractivity contribution in [3.05, 3.63) is 53.6 Å². The zero-order valence-electron chi connectivity index (χ0n) is 25.0. The third-order valence-corrected chi connectivity index (χ3v) is 9.22. The van der Waals surface area contributed by atoms with E-state index in [1.807, 2.05) is 41.6 Å². The van der Waals surface area contributed by atoms with Crippen LogP contribution in [-0.4, -0.2) is 99.1 Å². The molecule has 42 heavy (non-hydrogen) atoms. The molecule has 2 fully saturated rings. The second-order valence-corrected chi connectivity index (χ2v) is 12.4. The summed E-state index contributed by atoms with van der Waals surface area (Å²) < 4.78 is 18.9. The first-order chi connectivity index (χ1) is 20.0. The van der Waals surface area contributed by atoms with E-state index in [1.54, 1.807) is 12.4 Å². The smallest absolute Gasteiger partial charge is 0.228 e. The third-order valence-electron chi connectivity index (χ3n) is 8.92. The quantitative estimate of drug-likeness (QED) is 0.330. The van der Waals surface area contributed by atoms with E-state index in [1.165, 1.54) is 0 Å². The van der Waals surface area contributed by atoms with Crippen LogP contribution in [0.2, 0.25) is 5.02 Å². The fourth-order valence-electron chi connectivity index (χ4n) is 6.32. The van der Waals surface area contributed by atoms with E-state index in [0.29, 0.717) is 52.4 Å². The SMILES string of the molecule is C=CC(O)N1C[C@H](C)N(c2nc(N3CC(N(C)C)C3)nc3c(F)c(-c4c(C)ccc5ncn(C)c45)c(Cl)cc23)C[C@H]1C. The number of rotatable bonds is 6. The number of piperazine rings is 1. The number of aromatic nitrogens is 4. The van der Waals surface area contributed by atoms with Crippen LogP contribution in [0.4, 0.5) is 16.2 Å². The highest BCUT2D eigenvalue weighted by Gasteiger charge is 2.36. The number of benzene rings is 2. The van der Waals surface area contributed by atoms with Crippen molar-refractivity contribution >= 4 is 45.3 Å². The monoisotopic (exact) mass is 592 g/mol. The molecule has 1 N–H and O–H groups in total. The molecule has 4 heterocycles. The predicted octanol–water partition coefficient (Wildman–Crippen LogP) is 4.44. The Balaban J connectivity index is 1.55. The van der Waals surface area contributed by atoms with Crippen LogP contribution in [0.1, 0.15) is 19.4 Å². The van der Waals surface area contributed by atoms with Crippen LogP contribution in [0.25, 0.3) is 33.1 Å². The maximum absolute atomic E-state index is 17.0. The van der Waals surface area contributed by atoms with Crippen LogP contribution in [0.15, 0.2) is 37.2 Å². The molecule has 2 aliphatic rings. The fourth-order valence-corrected chi connectivity index (χ4v) is 6.61. The molecule has 11 heteroatoms. The maximum atomic E-state index is 17.0. The van der Waals surface area contributed by atoms with E-state index in [4.69, 9.17) is 21.6 Å². The molecule has 1 unspecified atom stereocenters. The van der Waals surface area contributed by atoms with Crippen LogP contribution < -0.4 is 9.80 Å². The highest BCUT2D eigenvalue weighted by Crippen LogP contribution is 2.43. The van der Waals surface area contributed by atoms with Crippen molar-refractivity contribution in [1.82, 2.24) is 29.3 Å². The topological polar surface area (TPSA) is 76.8 Å². The van der Waals surface area contributed by atoms with Crippen molar-refractivity contribution in [2.75, 3.05) is 50.1 Å². The molecule has 4 aromatic rings. The first-order valence-corrected chi connectivity index (χ1v) is 14.7. The number of halogens is 2. The molecule has 0 radical (unpaired) electrons. The summed E-state index contributed by atoms with van der Waals surface area (Å²) in [6.07, 6.45) is 2.54. The van der Waals surface area contributed by atoms with Gasteiger partial charge in [0.15, 0.2) is 5.82 Å². The predicted molar refractivity (Wildman–Crippen MR) is 168 cm³/mol. The van der Waals surface area contributed by atoms with Crippen LogP contribution in [0.5, 0.6) is 0 Å². The number of hydrogen-bond donors (Lipinski definition) is 1. The van der Waals surface area contributed by atoms with Gasteiger partial charge in [-0.3, -0.25) is 4.90 Å². The Morgan fingerprint density at radius 2 is 1.86 bits per heavy atom. The Labute approximate surface area is 250 Å². The minimum absolute atomic E-state index is 0.00878. The number of aryl methyl sites for hydroxylation is 2. The number of aliphatic hydroxyl groups excluding tert-OH is 1. The maximum Gasteiger partial charge on any atom is 0.228 e. The van der Waals surface area contributed by atoms with Crippen LogP contribution in [0.3, 0.4) is 0 Å². The molecule has 3 atom stereocenters. The summed E-state index contributed by atoms with van der Waals surface area (Å²) in [6.45, 7) is 12.6. The lowest BCUT2D eigenvalue weighted by atomic mass is 9.96. The second-order valence-electron chi connectivity index (χ2n) is 12.0. The summed E-state index contributed by atoms with van der Waals surface area (Å²) in [7, 11) is 6.02. The van der Waals surface area contributed by atoms with Gasteiger partial charge in [-0.25, -0.2) is 14.4 Å². The molecular weight excluding hydrogens is 555 g/mol. The average Bonchev–Trinajstić information content (AvgIpc) is 3.30. The Kier molecular flexibility index (Phi) is 7.37. The minimum Gasteiger partial charge on any atom is -0.375 e. The van der Waals surface area contributed by atoms with Crippen molar-refractivity contribution in [1.29, 1.82) is 0 Å². The molecule has 6 rings (SSSR count). The molecule has 2 aromatic carbocycles. The zero-order valence-corrected chi connectivity index (χ0v) is 25.8. The molecule has 0 amide bonds. The standard InChI is InChI=1S/C31H38ClFN8O/c1-8-24(42)40-12-19(4)41(13-18(40)3)30-21-11-22(32)26(25-17(2)9-10-23-29(25)38(7)16-34-23)27(33)28(21)35-31(36-30)39-14-20(15-39)37(5)6/h8-11,16,18-20,24,42H,1,12-15H2,2-7H3/t18-,19+,24?/m1/s1. The molecule has 2 saturated heterocycles. The van der Waals surface area contributed by atoms with Crippen molar-refractivity contribution in [3.63, 3.8) is 0 Å². The van der Waals surface area contributed by atoms with Crippen LogP contribution in [0, 0.1) is 12.7 Å². The number of likely N-dealkylation sites (N-methyl/N-ethyl adjacent to an activating group) is 1. The van der Waals surface area contributed by atoms with Crippen molar-refractivity contribution in [3.8, 4) is 11.1 Å². The Bertz CT molecular complexity index is 1680. The first-order valence-electron chi connectivity index (χ1n) is 14.3. The van der Waals surface area contributed by atoms with Gasteiger partial charge in [-0.2, -0.15) is 4.98 Å². The molecule has 2 aliphatic heterocycles. The summed E-state index contributed by atoms with van der Waals surface area (Å²) in [5.41, 5.74) is 3.77. The Morgan fingerprint density at radius 1 is 1.12 bits per heavy atom. The van der Waals surface area contributed by atoms with E-state index in [9.17, 15) is 5.11 Å². The van der Waals surface area contributed by atoms with Gasteiger partial charge >= 0.3 is 0 Å². The number of nitrogens with zero attached hydrogens (tertiary/aromatic N) is 8. The number of anilines is 2. The molecule has 2 aromatic heterocycles. The highest BCUT2D eigenvalue weighted by atomic mass is 35.5. The van der Waals surface area contributed by atoms with Gasteiger partial charge in [0, 0.05) is 67.9 Å². The summed E-state index contributed by atoms with van der Waals surface area (Å²) in [4.78, 5) is 22.9. The highest BCUT2D eigenvalue weighted by molar-refractivity contribution is 6.35. The van der Waals surface area contributed by atoms with Crippen LogP contribution in [-0.2, 0) is 7.05 Å². The van der Waals surface area contributed by atoms with E-state index < -0.39 is 12.0 Å². The van der Waals surface area contributed by atoms with Gasteiger partial charge in [-0.05, 0) is 58.6 Å². The fraction of sp³-hybridized carbons (Fsp3) is 0.452. The Morgan fingerprint density at radius 3 is 2.55 bits per heavy atom. The molecule has 222 valence electrons. The van der Waals surface area contributed by atoms with Gasteiger partial charge in [-0.1, -0.05) is 24.2 Å². The van der Waals surface area contributed by atoms with Gasteiger partial charge in [0.25, 0.3) is 0 Å². The lowest BCUT2D eigenvalue weighted by Gasteiger charge is -2.46. The lowest BCUT2D eigenvalue weighted by Crippen LogP contribution is -2.59. The first kappa shape index (κ1) is 28.8. The van der Waals surface area contributed by atoms with Gasteiger partial charge in [0.05, 0.1) is 22.4 Å². The minimum atomic E-state index is -0.737. The van der Waals surface area contributed by atoms with Crippen molar-refractivity contribution in [2.24, 2.45) is 7.05 Å². The number of imidazole rings is 1. The van der Waals surface area contributed by atoms with Gasteiger partial charge in [0.2, 0.25) is 5.95 Å². The molecule has 0 bridgehead atoms. The molecule has 0 aliphatic carbocycles. The summed E-state index contributed by atoms with van der Waals surface area (Å²) in [6, 6.07) is 6.07. The molecule has 0 saturated carbocycles. The largest absolute Gasteiger partial charge is 0.375 e. The van der Waals surface area contributed by atoms with Crippen molar-refractivity contribution in [2.45, 2.75) is 45.1 Å². The van der Waals surface area contributed by atoms with Crippen molar-refractivity contribution < 1.29 is 9.50 Å². The van der Waals surface area contributed by atoms with E-state index in [2.05, 4.69) is 54.2 Å². The number of aliphatic hydroxyl groups is 1. The van der Waals surface area contributed by atoms with Gasteiger partial charge in [-0.15, -0.1) is 0 Å². The third kappa shape index (κ3) is 4.61. The van der Waals surface area contributed by atoms with Gasteiger partial charge < -0.3 is 24.4 Å². The lowest BCUT2D eigenvalue weighted by molar-refractivity contribution is 0.0000606. The van der Waals surface area contributed by atoms with E-state index in [0.717, 1.165) is 29.7 Å². The van der Waals surface area contributed by atoms with E-state index in [-0.39, 0.29) is 17.6 Å². The summed E-state index contributed by atoms with van der Waals surface area (Å²) in [5.74, 6) is 0.690. The van der Waals surface area contributed by atoms with Gasteiger partial charge in [0.1, 0.15) is 17.6 Å². The molecular formula is C31H38ClFN8O. The normalized spacial score (nSPS) is 21.0. The van der Waals surface area contributed by atoms with Crippen LogP contribution >= 0.6 is 11.6 Å². The molecule has 0 spiro atoms. The Hall–Kier alpha value is -3.31. The average molecular weight is 593 g/mol. The van der Waals surface area contributed by atoms with E-state index >= 15 is 4.39 Å². The summed E-state index contributed by atoms with van der Waals surface area (Å²) in [5, 5.41) is 11.4. The molecule has 9 nitrogen and oxygen atoms in total. The number of fused-ring (bicyclic) bond motifs is 2.